The highest BCUT2D eigenvalue weighted by molar-refractivity contribution is 5.94. The average Bonchev–Trinajstić information content (AvgIpc) is 3.22. The summed E-state index contributed by atoms with van der Waals surface area (Å²) in [6.07, 6.45) is 3.83. The Bertz CT molecular complexity index is 599. The van der Waals surface area contributed by atoms with E-state index in [0.29, 0.717) is 0 Å². The molecule has 1 aliphatic carbocycles. The van der Waals surface area contributed by atoms with Crippen LogP contribution in [0.25, 0.3) is 0 Å². The minimum absolute atomic E-state index is 0.139. The molecule has 0 aliphatic heterocycles. The number of benzene rings is 1. The van der Waals surface area contributed by atoms with Crippen LogP contribution in [0, 0.1) is 5.92 Å². The van der Waals surface area contributed by atoms with E-state index in [-0.39, 0.29) is 11.8 Å². The average molecular weight is 270 g/mol. The van der Waals surface area contributed by atoms with E-state index in [1.54, 1.807) is 6.20 Å². The SMILES string of the molecule is Cn1nccc1CNc1ccc(NC(=O)C2CC2)cc1. The number of nitrogens with one attached hydrogen (secondary N) is 2. The summed E-state index contributed by atoms with van der Waals surface area (Å²) in [7, 11) is 1.92. The predicted molar refractivity (Wildman–Crippen MR) is 78.3 cm³/mol. The summed E-state index contributed by atoms with van der Waals surface area (Å²) >= 11 is 0. The Morgan fingerprint density at radius 1 is 1.25 bits per heavy atom. The molecule has 5 heteroatoms. The van der Waals surface area contributed by atoms with Gasteiger partial charge in [0.1, 0.15) is 0 Å². The van der Waals surface area contributed by atoms with Crippen LogP contribution in [0.5, 0.6) is 0 Å². The molecular weight excluding hydrogens is 252 g/mol. The zero-order valence-electron chi connectivity index (χ0n) is 11.5. The first-order chi connectivity index (χ1) is 9.72. The van der Waals surface area contributed by atoms with Crippen LogP contribution in [0.1, 0.15) is 18.5 Å². The number of carbonyl (C=O) groups excluding carboxylic acids is 1. The van der Waals surface area contributed by atoms with Crippen LogP contribution in [0.4, 0.5) is 11.4 Å². The second kappa shape index (κ2) is 5.36. The molecule has 0 saturated heterocycles. The molecule has 1 aliphatic rings. The van der Waals surface area contributed by atoms with Crippen LogP contribution in [-0.4, -0.2) is 15.7 Å². The molecule has 0 spiro atoms. The van der Waals surface area contributed by atoms with Crippen LogP contribution in [0.2, 0.25) is 0 Å². The summed E-state index contributed by atoms with van der Waals surface area (Å²) in [4.78, 5) is 11.6. The van der Waals surface area contributed by atoms with Gasteiger partial charge in [-0.25, -0.2) is 0 Å². The number of carbonyl (C=O) groups is 1. The predicted octanol–water partition coefficient (Wildman–Crippen LogP) is 2.38. The van der Waals surface area contributed by atoms with Crippen LogP contribution in [0.15, 0.2) is 36.5 Å². The third kappa shape index (κ3) is 2.99. The Labute approximate surface area is 118 Å². The molecule has 1 saturated carbocycles. The first-order valence-corrected chi connectivity index (χ1v) is 6.84. The Kier molecular flexibility index (Phi) is 3.41. The van der Waals surface area contributed by atoms with Gasteiger partial charge in [0.15, 0.2) is 0 Å². The molecule has 0 atom stereocenters. The quantitative estimate of drug-likeness (QED) is 0.877. The van der Waals surface area contributed by atoms with Crippen molar-refractivity contribution in [1.82, 2.24) is 9.78 Å². The Balaban J connectivity index is 1.55. The topological polar surface area (TPSA) is 59.0 Å². The van der Waals surface area contributed by atoms with Crippen molar-refractivity contribution in [3.05, 3.63) is 42.2 Å². The number of rotatable bonds is 5. The van der Waals surface area contributed by atoms with Crippen LogP contribution in [-0.2, 0) is 18.4 Å². The third-order valence-electron chi connectivity index (χ3n) is 3.50. The maximum Gasteiger partial charge on any atom is 0.227 e. The number of hydrogen-bond donors (Lipinski definition) is 2. The highest BCUT2D eigenvalue weighted by Gasteiger charge is 2.29. The van der Waals surface area contributed by atoms with Gasteiger partial charge in [-0.05, 0) is 43.2 Å². The van der Waals surface area contributed by atoms with Gasteiger partial charge in [0, 0.05) is 30.5 Å². The monoisotopic (exact) mass is 270 g/mol. The minimum Gasteiger partial charge on any atom is -0.379 e. The molecule has 0 radical (unpaired) electrons. The standard InChI is InChI=1S/C15H18N4O/c1-19-14(8-9-17-19)10-16-12-4-6-13(7-5-12)18-15(20)11-2-3-11/h4-9,11,16H,2-3,10H2,1H3,(H,18,20). The Morgan fingerprint density at radius 2 is 1.95 bits per heavy atom. The molecule has 104 valence electrons. The molecule has 1 heterocycles. The van der Waals surface area contributed by atoms with E-state index in [1.165, 1.54) is 0 Å². The summed E-state index contributed by atoms with van der Waals surface area (Å²) in [6, 6.07) is 9.77. The lowest BCUT2D eigenvalue weighted by Gasteiger charge is -2.08. The molecule has 2 aromatic rings. The van der Waals surface area contributed by atoms with Crippen molar-refractivity contribution >= 4 is 17.3 Å². The van der Waals surface area contributed by atoms with Crippen molar-refractivity contribution in [1.29, 1.82) is 0 Å². The number of nitrogens with zero attached hydrogens (tertiary/aromatic N) is 2. The lowest BCUT2D eigenvalue weighted by Crippen LogP contribution is -2.13. The second-order valence-electron chi connectivity index (χ2n) is 5.14. The van der Waals surface area contributed by atoms with Crippen LogP contribution in [0.3, 0.4) is 0 Å². The van der Waals surface area contributed by atoms with E-state index in [4.69, 9.17) is 0 Å². The number of anilines is 2. The van der Waals surface area contributed by atoms with Crippen LogP contribution >= 0.6 is 0 Å². The van der Waals surface area contributed by atoms with Gasteiger partial charge in [-0.15, -0.1) is 0 Å². The Morgan fingerprint density at radius 3 is 2.55 bits per heavy atom. The fourth-order valence-corrected chi connectivity index (χ4v) is 2.03. The molecule has 0 unspecified atom stereocenters. The number of hydrogen-bond acceptors (Lipinski definition) is 3. The van der Waals surface area contributed by atoms with Gasteiger partial charge in [-0.1, -0.05) is 0 Å². The molecule has 1 aromatic heterocycles. The molecule has 0 bridgehead atoms. The lowest BCUT2D eigenvalue weighted by atomic mass is 10.2. The van der Waals surface area contributed by atoms with Crippen molar-refractivity contribution in [2.75, 3.05) is 10.6 Å². The second-order valence-corrected chi connectivity index (χ2v) is 5.14. The van der Waals surface area contributed by atoms with E-state index in [2.05, 4.69) is 15.7 Å². The maximum absolute atomic E-state index is 11.6. The van der Waals surface area contributed by atoms with Crippen molar-refractivity contribution in [2.24, 2.45) is 13.0 Å². The van der Waals surface area contributed by atoms with Gasteiger partial charge in [0.05, 0.1) is 12.2 Å². The number of aryl methyl sites for hydroxylation is 1. The zero-order valence-corrected chi connectivity index (χ0v) is 11.5. The summed E-state index contributed by atoms with van der Waals surface area (Å²) in [5.74, 6) is 0.373. The van der Waals surface area contributed by atoms with E-state index in [0.717, 1.165) is 36.5 Å². The molecule has 1 aromatic carbocycles. The van der Waals surface area contributed by atoms with Crippen LogP contribution < -0.4 is 10.6 Å². The van der Waals surface area contributed by atoms with Gasteiger partial charge in [-0.2, -0.15) is 5.10 Å². The number of aromatic nitrogens is 2. The van der Waals surface area contributed by atoms with E-state index in [1.807, 2.05) is 42.1 Å². The summed E-state index contributed by atoms with van der Waals surface area (Å²) < 4.78 is 1.84. The largest absolute Gasteiger partial charge is 0.379 e. The molecule has 20 heavy (non-hydrogen) atoms. The van der Waals surface area contributed by atoms with Gasteiger partial charge in [0.2, 0.25) is 5.91 Å². The molecule has 2 N–H and O–H groups in total. The number of amides is 1. The molecular formula is C15H18N4O. The molecule has 3 rings (SSSR count). The molecule has 5 nitrogen and oxygen atoms in total. The summed E-state index contributed by atoms with van der Waals surface area (Å²) in [5, 5.41) is 10.4. The maximum atomic E-state index is 11.6. The third-order valence-corrected chi connectivity index (χ3v) is 3.50. The zero-order chi connectivity index (χ0) is 13.9. The van der Waals surface area contributed by atoms with Crippen molar-refractivity contribution in [3.63, 3.8) is 0 Å². The van der Waals surface area contributed by atoms with E-state index >= 15 is 0 Å². The fourth-order valence-electron chi connectivity index (χ4n) is 2.03. The minimum atomic E-state index is 0.139. The first-order valence-electron chi connectivity index (χ1n) is 6.84. The summed E-state index contributed by atoms with van der Waals surface area (Å²) in [5.41, 5.74) is 3.00. The normalized spacial score (nSPS) is 14.1. The Hall–Kier alpha value is -2.30. The first kappa shape index (κ1) is 12.7. The molecule has 1 fully saturated rings. The van der Waals surface area contributed by atoms with Gasteiger partial charge < -0.3 is 10.6 Å². The van der Waals surface area contributed by atoms with Crippen molar-refractivity contribution in [3.8, 4) is 0 Å². The van der Waals surface area contributed by atoms with Crippen molar-refractivity contribution < 1.29 is 4.79 Å². The van der Waals surface area contributed by atoms with Gasteiger partial charge in [-0.3, -0.25) is 9.48 Å². The fraction of sp³-hybridized carbons (Fsp3) is 0.333. The molecule has 1 amide bonds. The highest BCUT2D eigenvalue weighted by atomic mass is 16.2. The highest BCUT2D eigenvalue weighted by Crippen LogP contribution is 2.30. The lowest BCUT2D eigenvalue weighted by molar-refractivity contribution is -0.117. The smallest absolute Gasteiger partial charge is 0.227 e. The van der Waals surface area contributed by atoms with E-state index in [9.17, 15) is 4.79 Å². The summed E-state index contributed by atoms with van der Waals surface area (Å²) in [6.45, 7) is 0.726. The van der Waals surface area contributed by atoms with Gasteiger partial charge >= 0.3 is 0 Å². The van der Waals surface area contributed by atoms with Gasteiger partial charge in [0.25, 0.3) is 0 Å². The van der Waals surface area contributed by atoms with Crippen molar-refractivity contribution in [2.45, 2.75) is 19.4 Å². The van der Waals surface area contributed by atoms with E-state index < -0.39 is 0 Å².